The number of ether oxygens (including phenoxy) is 1. The van der Waals surface area contributed by atoms with Gasteiger partial charge >= 0.3 is 0 Å². The van der Waals surface area contributed by atoms with Crippen LogP contribution in [0.5, 0.6) is 0 Å². The summed E-state index contributed by atoms with van der Waals surface area (Å²) in [5.41, 5.74) is 3.59. The van der Waals surface area contributed by atoms with Crippen molar-refractivity contribution in [3.63, 3.8) is 0 Å². The van der Waals surface area contributed by atoms with Gasteiger partial charge in [0.25, 0.3) is 0 Å². The van der Waals surface area contributed by atoms with Crippen LogP contribution in [0.25, 0.3) is 22.3 Å². The maximum atomic E-state index is 14.9. The molecule has 3 aromatic carbocycles. The van der Waals surface area contributed by atoms with Crippen LogP contribution in [0.2, 0.25) is 18.1 Å². The van der Waals surface area contributed by atoms with E-state index in [4.69, 9.17) is 4.74 Å². The summed E-state index contributed by atoms with van der Waals surface area (Å²) in [6.45, 7) is 0.908. The van der Waals surface area contributed by atoms with Crippen molar-refractivity contribution in [1.29, 1.82) is 0 Å². The fourth-order valence-electron chi connectivity index (χ4n) is 5.15. The molecule has 1 fully saturated rings. The highest BCUT2D eigenvalue weighted by Gasteiger charge is 2.21. The monoisotopic (exact) mass is 482 g/mol. The van der Waals surface area contributed by atoms with Crippen LogP contribution >= 0.6 is 0 Å². The van der Waals surface area contributed by atoms with Crippen molar-refractivity contribution in [2.75, 3.05) is 13.7 Å². The Morgan fingerprint density at radius 2 is 1.44 bits per heavy atom. The Bertz CT molecular complexity index is 1080. The molecule has 34 heavy (non-hydrogen) atoms. The van der Waals surface area contributed by atoms with E-state index in [2.05, 4.69) is 12.1 Å². The molecular formula is C29H33F3OSi. The molecule has 0 aromatic heterocycles. The molecule has 0 radical (unpaired) electrons. The summed E-state index contributed by atoms with van der Waals surface area (Å²) in [4.78, 5) is 0. The smallest absolute Gasteiger partial charge is 0.159 e. The first-order valence-electron chi connectivity index (χ1n) is 12.4. The van der Waals surface area contributed by atoms with Crippen molar-refractivity contribution in [2.24, 2.45) is 5.92 Å². The highest BCUT2D eigenvalue weighted by atomic mass is 28.3. The molecule has 0 unspecified atom stereocenters. The van der Waals surface area contributed by atoms with Gasteiger partial charge in [0.15, 0.2) is 11.6 Å². The van der Waals surface area contributed by atoms with Crippen LogP contribution in [0.3, 0.4) is 0 Å². The zero-order valence-corrected chi connectivity index (χ0v) is 21.0. The van der Waals surface area contributed by atoms with Gasteiger partial charge in [0.1, 0.15) is 5.82 Å². The van der Waals surface area contributed by atoms with E-state index in [1.165, 1.54) is 61.5 Å². The van der Waals surface area contributed by atoms with Crippen molar-refractivity contribution >= 4 is 8.80 Å². The summed E-state index contributed by atoms with van der Waals surface area (Å²) in [6, 6.07) is 21.0. The summed E-state index contributed by atoms with van der Waals surface area (Å²) in [6.07, 6.45) is 6.31. The maximum Gasteiger partial charge on any atom is 0.159 e. The molecule has 1 aliphatic heterocycles. The van der Waals surface area contributed by atoms with Crippen LogP contribution in [0.1, 0.15) is 31.2 Å². The molecule has 0 saturated carbocycles. The minimum atomic E-state index is -0.935. The molecule has 0 bridgehead atoms. The number of rotatable bonds is 9. The molecule has 0 aliphatic carbocycles. The SMILES string of the molecule is COCCC[SiH]1CCC(CCc2ccc(-c3ccc(-c4ccc(F)c(F)c4)cc3F)cc2)CC1. The number of hydrogen-bond acceptors (Lipinski definition) is 1. The van der Waals surface area contributed by atoms with E-state index in [0.717, 1.165) is 36.6 Å². The first-order chi connectivity index (χ1) is 16.5. The number of hydrogen-bond donors (Lipinski definition) is 0. The van der Waals surface area contributed by atoms with Crippen LogP contribution in [0, 0.1) is 23.4 Å². The number of methoxy groups -OCH3 is 1. The lowest BCUT2D eigenvalue weighted by Crippen LogP contribution is -2.22. The summed E-state index contributed by atoms with van der Waals surface area (Å²) < 4.78 is 46.8. The molecule has 0 amide bonds. The third-order valence-corrected chi connectivity index (χ3v) is 10.8. The average Bonchev–Trinajstić information content (AvgIpc) is 2.86. The van der Waals surface area contributed by atoms with Crippen LogP contribution in [-0.2, 0) is 11.2 Å². The second kappa shape index (κ2) is 11.9. The second-order valence-corrected chi connectivity index (χ2v) is 13.0. The number of aryl methyl sites for hydroxylation is 1. The predicted molar refractivity (Wildman–Crippen MR) is 136 cm³/mol. The van der Waals surface area contributed by atoms with Gasteiger partial charge in [-0.1, -0.05) is 73.4 Å². The Balaban J connectivity index is 1.32. The standard InChI is InChI=1S/C29H33F3OSi/c1-33-15-2-16-34-17-13-22(14-18-34)4-3-21-5-7-23(8-6-21)26-11-9-24(19-28(26)31)25-10-12-27(30)29(32)20-25/h5-12,19-20,22,34H,2-4,13-18H2,1H3. The third-order valence-electron chi connectivity index (χ3n) is 7.26. The Hall–Kier alpha value is -2.37. The van der Waals surface area contributed by atoms with E-state index in [0.29, 0.717) is 16.7 Å². The fraction of sp³-hybridized carbons (Fsp3) is 0.379. The first-order valence-corrected chi connectivity index (χ1v) is 14.8. The van der Waals surface area contributed by atoms with Gasteiger partial charge in [-0.3, -0.25) is 0 Å². The van der Waals surface area contributed by atoms with Gasteiger partial charge in [-0.05, 0) is 65.6 Å². The molecule has 3 aromatic rings. The lowest BCUT2D eigenvalue weighted by Gasteiger charge is -2.27. The van der Waals surface area contributed by atoms with Gasteiger partial charge < -0.3 is 4.74 Å². The topological polar surface area (TPSA) is 9.23 Å². The van der Waals surface area contributed by atoms with Gasteiger partial charge in [0, 0.05) is 28.1 Å². The molecule has 1 nitrogen and oxygen atoms in total. The summed E-state index contributed by atoms with van der Waals surface area (Å²) >= 11 is 0. The Kier molecular flexibility index (Phi) is 8.62. The molecule has 0 atom stereocenters. The Morgan fingerprint density at radius 1 is 0.794 bits per heavy atom. The fourth-order valence-corrected chi connectivity index (χ4v) is 8.65. The highest BCUT2D eigenvalue weighted by molar-refractivity contribution is 6.58. The predicted octanol–water partition coefficient (Wildman–Crippen LogP) is 8.04. The molecular weight excluding hydrogens is 449 g/mol. The van der Waals surface area contributed by atoms with Crippen molar-refractivity contribution in [1.82, 2.24) is 0 Å². The van der Waals surface area contributed by atoms with Crippen LogP contribution < -0.4 is 0 Å². The van der Waals surface area contributed by atoms with Crippen molar-refractivity contribution in [2.45, 2.75) is 50.2 Å². The van der Waals surface area contributed by atoms with Crippen LogP contribution in [0.4, 0.5) is 13.2 Å². The molecule has 4 rings (SSSR count). The minimum Gasteiger partial charge on any atom is -0.385 e. The minimum absolute atomic E-state index is 0.374. The van der Waals surface area contributed by atoms with E-state index in [-0.39, 0.29) is 5.82 Å². The normalized spacial score (nSPS) is 18.2. The van der Waals surface area contributed by atoms with Crippen molar-refractivity contribution in [3.8, 4) is 22.3 Å². The molecule has 0 N–H and O–H groups in total. The zero-order chi connectivity index (χ0) is 23.9. The molecule has 180 valence electrons. The summed E-state index contributed by atoms with van der Waals surface area (Å²) in [5, 5.41) is 0. The van der Waals surface area contributed by atoms with Gasteiger partial charge in [-0.2, -0.15) is 0 Å². The van der Waals surface area contributed by atoms with E-state index in [1.807, 2.05) is 12.1 Å². The molecule has 0 spiro atoms. The number of halogens is 3. The van der Waals surface area contributed by atoms with Gasteiger partial charge in [0.2, 0.25) is 0 Å². The molecule has 1 heterocycles. The second-order valence-electron chi connectivity index (χ2n) is 9.58. The van der Waals surface area contributed by atoms with Crippen LogP contribution in [0.15, 0.2) is 60.7 Å². The summed E-state index contributed by atoms with van der Waals surface area (Å²) in [7, 11) is 1.27. The summed E-state index contributed by atoms with van der Waals surface area (Å²) in [5.74, 6) is -1.38. The highest BCUT2D eigenvalue weighted by Crippen LogP contribution is 2.32. The maximum absolute atomic E-state index is 14.9. The quantitative estimate of drug-likeness (QED) is 0.221. The molecule has 1 saturated heterocycles. The van der Waals surface area contributed by atoms with Gasteiger partial charge in [-0.25, -0.2) is 13.2 Å². The van der Waals surface area contributed by atoms with E-state index < -0.39 is 20.4 Å². The van der Waals surface area contributed by atoms with Crippen molar-refractivity contribution < 1.29 is 17.9 Å². The van der Waals surface area contributed by atoms with Crippen LogP contribution in [-0.4, -0.2) is 22.5 Å². The number of benzene rings is 3. The molecule has 1 aliphatic rings. The van der Waals surface area contributed by atoms with Crippen molar-refractivity contribution in [3.05, 3.63) is 83.7 Å². The average molecular weight is 483 g/mol. The third kappa shape index (κ3) is 6.39. The first kappa shape index (κ1) is 24.7. The van der Waals surface area contributed by atoms with Gasteiger partial charge in [-0.15, -0.1) is 0 Å². The largest absolute Gasteiger partial charge is 0.385 e. The lowest BCUT2D eigenvalue weighted by atomic mass is 9.93. The van der Waals surface area contributed by atoms with E-state index in [9.17, 15) is 13.2 Å². The lowest BCUT2D eigenvalue weighted by molar-refractivity contribution is 0.199. The van der Waals surface area contributed by atoms with E-state index in [1.54, 1.807) is 19.2 Å². The van der Waals surface area contributed by atoms with Gasteiger partial charge in [0.05, 0.1) is 0 Å². The zero-order valence-electron chi connectivity index (χ0n) is 19.8. The van der Waals surface area contributed by atoms with E-state index >= 15 is 0 Å². The Labute approximate surface area is 202 Å². The molecule has 5 heteroatoms. The Morgan fingerprint density at radius 3 is 2.09 bits per heavy atom.